The largest absolute Gasteiger partial charge is 0.481 e. The van der Waals surface area contributed by atoms with Crippen LogP contribution in [0.15, 0.2) is 18.2 Å². The van der Waals surface area contributed by atoms with Crippen LogP contribution in [0.5, 0.6) is 0 Å². The van der Waals surface area contributed by atoms with E-state index in [1.807, 2.05) is 6.07 Å². The Hall–Kier alpha value is -1.42. The second kappa shape index (κ2) is 5.06. The number of carbonyl (C=O) groups is 1. The maximum atomic E-state index is 13.4. The molecular formula is C14H18FNO2. The predicted octanol–water partition coefficient (Wildman–Crippen LogP) is 2.29. The second-order valence-electron chi connectivity index (χ2n) is 5.16. The SMILES string of the molecule is Cc1ccc(CN2CC(C(C)C(=O)O)C2)cc1F. The van der Waals surface area contributed by atoms with E-state index >= 15 is 0 Å². The van der Waals surface area contributed by atoms with Crippen molar-refractivity contribution in [2.45, 2.75) is 20.4 Å². The molecule has 0 aromatic heterocycles. The van der Waals surface area contributed by atoms with E-state index in [1.165, 1.54) is 0 Å². The summed E-state index contributed by atoms with van der Waals surface area (Å²) in [5.74, 6) is -0.988. The Morgan fingerprint density at radius 3 is 2.78 bits per heavy atom. The number of benzene rings is 1. The number of likely N-dealkylation sites (tertiary alicyclic amines) is 1. The summed E-state index contributed by atoms with van der Waals surface area (Å²) >= 11 is 0. The molecule has 1 aromatic carbocycles. The molecule has 1 N–H and O–H groups in total. The predicted molar refractivity (Wildman–Crippen MR) is 66.7 cm³/mol. The lowest BCUT2D eigenvalue weighted by Crippen LogP contribution is -2.50. The van der Waals surface area contributed by atoms with Gasteiger partial charge in [-0.15, -0.1) is 0 Å². The zero-order chi connectivity index (χ0) is 13.3. The van der Waals surface area contributed by atoms with E-state index in [0.717, 1.165) is 18.7 Å². The summed E-state index contributed by atoms with van der Waals surface area (Å²) in [7, 11) is 0. The maximum Gasteiger partial charge on any atom is 0.306 e. The van der Waals surface area contributed by atoms with Gasteiger partial charge >= 0.3 is 5.97 Å². The van der Waals surface area contributed by atoms with E-state index in [9.17, 15) is 9.18 Å². The van der Waals surface area contributed by atoms with Crippen molar-refractivity contribution >= 4 is 5.97 Å². The van der Waals surface area contributed by atoms with Gasteiger partial charge in [-0.05, 0) is 30.0 Å². The van der Waals surface area contributed by atoms with E-state index in [4.69, 9.17) is 5.11 Å². The Balaban J connectivity index is 1.86. The van der Waals surface area contributed by atoms with Crippen LogP contribution in [-0.4, -0.2) is 29.1 Å². The molecule has 2 rings (SSSR count). The lowest BCUT2D eigenvalue weighted by molar-refractivity contribution is -0.145. The minimum absolute atomic E-state index is 0.177. The molecular weight excluding hydrogens is 233 g/mol. The number of halogens is 1. The van der Waals surface area contributed by atoms with Crippen molar-refractivity contribution in [3.63, 3.8) is 0 Å². The topological polar surface area (TPSA) is 40.5 Å². The number of aliphatic carboxylic acids is 1. The van der Waals surface area contributed by atoms with Gasteiger partial charge in [0.05, 0.1) is 5.92 Å². The highest BCUT2D eigenvalue weighted by Crippen LogP contribution is 2.25. The average molecular weight is 251 g/mol. The van der Waals surface area contributed by atoms with Gasteiger partial charge in [0, 0.05) is 19.6 Å². The third-order valence-electron chi connectivity index (χ3n) is 3.72. The number of carboxylic acid groups (broad SMARTS) is 1. The molecule has 0 spiro atoms. The Morgan fingerprint density at radius 1 is 1.56 bits per heavy atom. The quantitative estimate of drug-likeness (QED) is 0.892. The average Bonchev–Trinajstić information content (AvgIpc) is 2.26. The molecule has 1 aliphatic heterocycles. The lowest BCUT2D eigenvalue weighted by atomic mass is 9.87. The van der Waals surface area contributed by atoms with E-state index in [2.05, 4.69) is 4.90 Å². The summed E-state index contributed by atoms with van der Waals surface area (Å²) in [5.41, 5.74) is 1.60. The van der Waals surface area contributed by atoms with E-state index in [0.29, 0.717) is 12.1 Å². The monoisotopic (exact) mass is 251 g/mol. The van der Waals surface area contributed by atoms with Crippen molar-refractivity contribution in [3.05, 3.63) is 35.1 Å². The maximum absolute atomic E-state index is 13.4. The fourth-order valence-electron chi connectivity index (χ4n) is 2.25. The molecule has 1 heterocycles. The second-order valence-corrected chi connectivity index (χ2v) is 5.16. The van der Waals surface area contributed by atoms with E-state index in [1.54, 1.807) is 26.0 Å². The number of nitrogens with zero attached hydrogens (tertiary/aromatic N) is 1. The molecule has 0 amide bonds. The van der Waals surface area contributed by atoms with E-state index in [-0.39, 0.29) is 17.7 Å². The zero-order valence-electron chi connectivity index (χ0n) is 10.7. The van der Waals surface area contributed by atoms with Crippen molar-refractivity contribution in [1.82, 2.24) is 4.90 Å². The molecule has 18 heavy (non-hydrogen) atoms. The number of carboxylic acids is 1. The van der Waals surface area contributed by atoms with Gasteiger partial charge in [-0.2, -0.15) is 0 Å². The van der Waals surface area contributed by atoms with Crippen LogP contribution in [0.4, 0.5) is 4.39 Å². The first kappa shape index (κ1) is 13.0. The van der Waals surface area contributed by atoms with Crippen LogP contribution >= 0.6 is 0 Å². The Labute approximate surface area is 106 Å². The number of hydrogen-bond acceptors (Lipinski definition) is 2. The fourth-order valence-corrected chi connectivity index (χ4v) is 2.25. The number of rotatable bonds is 4. The highest BCUT2D eigenvalue weighted by Gasteiger charge is 2.34. The molecule has 1 aromatic rings. The van der Waals surface area contributed by atoms with Gasteiger partial charge in [0.15, 0.2) is 0 Å². The third kappa shape index (κ3) is 2.70. The first-order valence-corrected chi connectivity index (χ1v) is 6.17. The summed E-state index contributed by atoms with van der Waals surface area (Å²) < 4.78 is 13.4. The molecule has 1 unspecified atom stereocenters. The minimum atomic E-state index is -0.735. The zero-order valence-corrected chi connectivity index (χ0v) is 10.7. The Morgan fingerprint density at radius 2 is 2.22 bits per heavy atom. The number of aryl methyl sites for hydroxylation is 1. The van der Waals surface area contributed by atoms with Crippen LogP contribution in [-0.2, 0) is 11.3 Å². The molecule has 4 heteroatoms. The molecule has 3 nitrogen and oxygen atoms in total. The smallest absolute Gasteiger partial charge is 0.306 e. The molecule has 1 fully saturated rings. The van der Waals surface area contributed by atoms with Gasteiger partial charge in [-0.25, -0.2) is 4.39 Å². The van der Waals surface area contributed by atoms with Crippen LogP contribution in [0, 0.1) is 24.6 Å². The van der Waals surface area contributed by atoms with Crippen molar-refractivity contribution in [2.24, 2.45) is 11.8 Å². The number of hydrogen-bond donors (Lipinski definition) is 1. The van der Waals surface area contributed by atoms with Crippen LogP contribution in [0.3, 0.4) is 0 Å². The van der Waals surface area contributed by atoms with Crippen LogP contribution in [0.25, 0.3) is 0 Å². The highest BCUT2D eigenvalue weighted by molar-refractivity contribution is 5.70. The van der Waals surface area contributed by atoms with Gasteiger partial charge in [-0.3, -0.25) is 9.69 Å². The molecule has 0 aliphatic carbocycles. The van der Waals surface area contributed by atoms with E-state index < -0.39 is 5.97 Å². The first-order chi connectivity index (χ1) is 8.47. The molecule has 98 valence electrons. The van der Waals surface area contributed by atoms with Crippen molar-refractivity contribution in [1.29, 1.82) is 0 Å². The summed E-state index contributed by atoms with van der Waals surface area (Å²) in [6, 6.07) is 5.26. The third-order valence-corrected chi connectivity index (χ3v) is 3.72. The van der Waals surface area contributed by atoms with Crippen molar-refractivity contribution in [3.8, 4) is 0 Å². The fraction of sp³-hybridized carbons (Fsp3) is 0.500. The van der Waals surface area contributed by atoms with Gasteiger partial charge in [0.1, 0.15) is 5.82 Å². The molecule has 0 bridgehead atoms. The summed E-state index contributed by atoms with van der Waals surface area (Å²) in [6.45, 7) is 5.75. The van der Waals surface area contributed by atoms with Gasteiger partial charge < -0.3 is 5.11 Å². The van der Waals surface area contributed by atoms with Crippen molar-refractivity contribution < 1.29 is 14.3 Å². The standard InChI is InChI=1S/C14H18FNO2/c1-9-3-4-11(5-13(9)15)6-16-7-12(8-16)10(2)14(17)18/h3-5,10,12H,6-8H2,1-2H3,(H,17,18). The van der Waals surface area contributed by atoms with Gasteiger partial charge in [0.25, 0.3) is 0 Å². The normalized spacial score (nSPS) is 18.4. The molecule has 0 radical (unpaired) electrons. The van der Waals surface area contributed by atoms with Gasteiger partial charge in [0.2, 0.25) is 0 Å². The Kier molecular flexibility index (Phi) is 3.66. The van der Waals surface area contributed by atoms with Crippen molar-refractivity contribution in [2.75, 3.05) is 13.1 Å². The van der Waals surface area contributed by atoms with Crippen LogP contribution in [0.2, 0.25) is 0 Å². The highest BCUT2D eigenvalue weighted by atomic mass is 19.1. The Bertz CT molecular complexity index is 455. The first-order valence-electron chi connectivity index (χ1n) is 6.17. The summed E-state index contributed by atoms with van der Waals surface area (Å²) in [4.78, 5) is 13.0. The molecule has 1 aliphatic rings. The molecule has 0 saturated carbocycles. The minimum Gasteiger partial charge on any atom is -0.481 e. The summed E-state index contributed by atoms with van der Waals surface area (Å²) in [6.07, 6.45) is 0. The van der Waals surface area contributed by atoms with Crippen LogP contribution in [0.1, 0.15) is 18.1 Å². The summed E-state index contributed by atoms with van der Waals surface area (Å²) in [5, 5.41) is 8.89. The lowest BCUT2D eigenvalue weighted by Gasteiger charge is -2.41. The van der Waals surface area contributed by atoms with Crippen LogP contribution < -0.4 is 0 Å². The molecule has 1 atom stereocenters. The van der Waals surface area contributed by atoms with Gasteiger partial charge in [-0.1, -0.05) is 19.1 Å². The molecule has 1 saturated heterocycles.